The van der Waals surface area contributed by atoms with Gasteiger partial charge >= 0.3 is 0 Å². The molecule has 0 nitrogen and oxygen atoms in total. The van der Waals surface area contributed by atoms with Crippen LogP contribution in [0.15, 0.2) is 60.2 Å². The highest BCUT2D eigenvalue weighted by Gasteiger charge is 1.84. The van der Waals surface area contributed by atoms with E-state index in [2.05, 4.69) is 36.4 Å². The molecule has 1 aromatic carbocycles. The average molecular weight is 244 g/mol. The molecule has 0 aliphatic rings. The second-order valence-electron chi connectivity index (χ2n) is 3.03. The van der Waals surface area contributed by atoms with Gasteiger partial charge in [-0.2, -0.15) is 0 Å². The van der Waals surface area contributed by atoms with Gasteiger partial charge in [-0.15, -0.1) is 0 Å². The zero-order chi connectivity index (χ0) is 14.2. The molecule has 0 saturated carbocycles. The zero-order valence-electron chi connectivity index (χ0n) is 12.8. The first kappa shape index (κ1) is 18.8. The first-order chi connectivity index (χ1) is 8.86. The minimum Gasteiger partial charge on any atom is -0.0871 e. The van der Waals surface area contributed by atoms with Crippen molar-refractivity contribution >= 4 is 6.08 Å². The van der Waals surface area contributed by atoms with Crippen molar-refractivity contribution in [3.63, 3.8) is 0 Å². The van der Waals surface area contributed by atoms with Crippen LogP contribution in [0.4, 0.5) is 0 Å². The molecule has 0 N–H and O–H groups in total. The highest BCUT2D eigenvalue weighted by Crippen LogP contribution is 2.05. The monoisotopic (exact) mass is 244 g/mol. The smallest absolute Gasteiger partial charge is 0.0256 e. The van der Waals surface area contributed by atoms with E-state index >= 15 is 0 Å². The van der Waals surface area contributed by atoms with Gasteiger partial charge in [-0.3, -0.25) is 0 Å². The predicted octanol–water partition coefficient (Wildman–Crippen LogP) is 6.27. The Morgan fingerprint density at radius 1 is 0.833 bits per heavy atom. The Hall–Kier alpha value is -1.56. The van der Waals surface area contributed by atoms with Crippen LogP contribution >= 0.6 is 0 Å². The Labute approximate surface area is 114 Å². The van der Waals surface area contributed by atoms with Crippen molar-refractivity contribution in [2.24, 2.45) is 0 Å². The van der Waals surface area contributed by atoms with Gasteiger partial charge in [-0.1, -0.05) is 88.4 Å². The van der Waals surface area contributed by atoms with Gasteiger partial charge in [0.2, 0.25) is 0 Å². The fourth-order valence-electron chi connectivity index (χ4n) is 1.20. The maximum absolute atomic E-state index is 2.12. The maximum atomic E-state index is 2.12. The molecule has 0 amide bonds. The number of rotatable bonds is 3. The minimum absolute atomic E-state index is 1.23. The minimum atomic E-state index is 1.23. The molecular formula is C18H28. The van der Waals surface area contributed by atoms with Crippen molar-refractivity contribution in [3.05, 3.63) is 65.8 Å². The molecule has 1 rings (SSSR count). The standard InChI is InChI=1S/C14H16.2C2H6/c1-3-8-13(4-2)11-12-14-9-6-5-7-10-14;2*1-2/h3-12H,1-2H3;2*1-2H3/b8-3-,12-11+,13-4+;;. The van der Waals surface area contributed by atoms with Gasteiger partial charge in [0.05, 0.1) is 0 Å². The van der Waals surface area contributed by atoms with Crippen LogP contribution in [-0.2, 0) is 0 Å². The molecule has 0 aliphatic heterocycles. The Morgan fingerprint density at radius 3 is 1.83 bits per heavy atom. The van der Waals surface area contributed by atoms with Crippen molar-refractivity contribution in [3.8, 4) is 0 Å². The molecule has 0 spiro atoms. The number of benzene rings is 1. The predicted molar refractivity (Wildman–Crippen MR) is 86.7 cm³/mol. The Morgan fingerprint density at radius 2 is 1.39 bits per heavy atom. The summed E-state index contributed by atoms with van der Waals surface area (Å²) in [6.45, 7) is 12.1. The average Bonchev–Trinajstić information content (AvgIpc) is 2.49. The second kappa shape index (κ2) is 15.4. The summed E-state index contributed by atoms with van der Waals surface area (Å²) in [5.74, 6) is 0. The molecule has 0 heterocycles. The van der Waals surface area contributed by atoms with Crippen LogP contribution in [-0.4, -0.2) is 0 Å². The number of hydrogen-bond donors (Lipinski definition) is 0. The van der Waals surface area contributed by atoms with Gasteiger partial charge < -0.3 is 0 Å². The second-order valence-corrected chi connectivity index (χ2v) is 3.03. The third-order valence-corrected chi connectivity index (χ3v) is 1.96. The molecular weight excluding hydrogens is 216 g/mol. The lowest BCUT2D eigenvalue weighted by atomic mass is 10.1. The molecule has 0 aromatic heterocycles. The highest BCUT2D eigenvalue weighted by molar-refractivity contribution is 5.54. The normalized spacial score (nSPS) is 10.7. The summed E-state index contributed by atoms with van der Waals surface area (Å²) < 4.78 is 0. The largest absolute Gasteiger partial charge is 0.0871 e. The summed E-state index contributed by atoms with van der Waals surface area (Å²) in [7, 11) is 0. The molecule has 0 atom stereocenters. The third-order valence-electron chi connectivity index (χ3n) is 1.96. The molecule has 0 fully saturated rings. The first-order valence-corrected chi connectivity index (χ1v) is 6.89. The van der Waals surface area contributed by atoms with Gasteiger partial charge in [-0.25, -0.2) is 0 Å². The Balaban J connectivity index is 0. The van der Waals surface area contributed by atoms with Crippen molar-refractivity contribution in [2.45, 2.75) is 41.5 Å². The van der Waals surface area contributed by atoms with E-state index in [1.165, 1.54) is 11.1 Å². The molecule has 1 aromatic rings. The highest BCUT2D eigenvalue weighted by atomic mass is 13.9. The van der Waals surface area contributed by atoms with Gasteiger partial charge in [0.1, 0.15) is 0 Å². The quantitative estimate of drug-likeness (QED) is 0.549. The zero-order valence-corrected chi connectivity index (χ0v) is 12.8. The lowest BCUT2D eigenvalue weighted by Gasteiger charge is -1.93. The molecule has 0 radical (unpaired) electrons. The molecule has 0 saturated heterocycles. The lowest BCUT2D eigenvalue weighted by molar-refractivity contribution is 1.50. The molecule has 18 heavy (non-hydrogen) atoms. The van der Waals surface area contributed by atoms with Crippen LogP contribution in [0.1, 0.15) is 47.1 Å². The third kappa shape index (κ3) is 9.65. The molecule has 0 heteroatoms. The van der Waals surface area contributed by atoms with Gasteiger partial charge in [-0.05, 0) is 25.0 Å². The van der Waals surface area contributed by atoms with E-state index in [1.807, 2.05) is 65.8 Å². The van der Waals surface area contributed by atoms with Crippen LogP contribution in [0.2, 0.25) is 0 Å². The molecule has 100 valence electrons. The van der Waals surface area contributed by atoms with Crippen molar-refractivity contribution in [1.82, 2.24) is 0 Å². The number of hydrogen-bond acceptors (Lipinski definition) is 0. The van der Waals surface area contributed by atoms with Gasteiger partial charge in [0.15, 0.2) is 0 Å². The summed E-state index contributed by atoms with van der Waals surface area (Å²) in [5.41, 5.74) is 2.47. The van der Waals surface area contributed by atoms with E-state index in [4.69, 9.17) is 0 Å². The van der Waals surface area contributed by atoms with Crippen LogP contribution in [0, 0.1) is 0 Å². The van der Waals surface area contributed by atoms with Crippen molar-refractivity contribution in [2.75, 3.05) is 0 Å². The maximum Gasteiger partial charge on any atom is -0.0256 e. The fourth-order valence-corrected chi connectivity index (χ4v) is 1.20. The molecule has 0 aliphatic carbocycles. The van der Waals surface area contributed by atoms with Crippen LogP contribution < -0.4 is 0 Å². The number of allylic oxidation sites excluding steroid dienone is 5. The van der Waals surface area contributed by atoms with Crippen molar-refractivity contribution in [1.29, 1.82) is 0 Å². The van der Waals surface area contributed by atoms with E-state index < -0.39 is 0 Å². The van der Waals surface area contributed by atoms with Crippen LogP contribution in [0.25, 0.3) is 6.08 Å². The topological polar surface area (TPSA) is 0 Å². The lowest BCUT2D eigenvalue weighted by Crippen LogP contribution is -1.71. The SMILES string of the molecule is CC.CC.C\C=C/C(/C=C/c1ccccc1)=C\C. The van der Waals surface area contributed by atoms with Gasteiger partial charge in [0, 0.05) is 0 Å². The van der Waals surface area contributed by atoms with E-state index in [0.29, 0.717) is 0 Å². The summed E-state index contributed by atoms with van der Waals surface area (Å²) in [6.07, 6.45) is 10.5. The van der Waals surface area contributed by atoms with Crippen molar-refractivity contribution < 1.29 is 0 Å². The first-order valence-electron chi connectivity index (χ1n) is 6.89. The van der Waals surface area contributed by atoms with Crippen LogP contribution in [0.5, 0.6) is 0 Å². The Kier molecular flexibility index (Phi) is 16.1. The fraction of sp³-hybridized carbons (Fsp3) is 0.333. The van der Waals surface area contributed by atoms with Gasteiger partial charge in [0.25, 0.3) is 0 Å². The molecule has 0 unspecified atom stereocenters. The molecule has 0 bridgehead atoms. The van der Waals surface area contributed by atoms with E-state index in [0.717, 1.165) is 0 Å². The summed E-state index contributed by atoms with van der Waals surface area (Å²) in [5, 5.41) is 0. The summed E-state index contributed by atoms with van der Waals surface area (Å²) >= 11 is 0. The van der Waals surface area contributed by atoms with E-state index in [-0.39, 0.29) is 0 Å². The van der Waals surface area contributed by atoms with E-state index in [9.17, 15) is 0 Å². The summed E-state index contributed by atoms with van der Waals surface area (Å²) in [4.78, 5) is 0. The summed E-state index contributed by atoms with van der Waals surface area (Å²) in [6, 6.07) is 10.3. The van der Waals surface area contributed by atoms with E-state index in [1.54, 1.807) is 0 Å². The Bertz CT molecular complexity index is 340. The van der Waals surface area contributed by atoms with Crippen LogP contribution in [0.3, 0.4) is 0 Å².